The summed E-state index contributed by atoms with van der Waals surface area (Å²) in [5.41, 5.74) is 1.50. The summed E-state index contributed by atoms with van der Waals surface area (Å²) in [6, 6.07) is -0.205. The van der Waals surface area contributed by atoms with Crippen LogP contribution in [-0.4, -0.2) is 29.8 Å². The van der Waals surface area contributed by atoms with Gasteiger partial charge in [0.1, 0.15) is 0 Å². The van der Waals surface area contributed by atoms with Crippen molar-refractivity contribution in [3.05, 3.63) is 48.7 Å². The topological polar surface area (TPSA) is 74.7 Å². The maximum Gasteiger partial charge on any atom is 0.303 e. The van der Waals surface area contributed by atoms with Gasteiger partial charge in [-0.3, -0.25) is 9.10 Å². The number of carboxylic acid groups (broad SMARTS) is 1. The zero-order valence-corrected chi connectivity index (χ0v) is 13.7. The molecule has 1 heterocycles. The molecular formula is C16H23NO4S. The minimum atomic E-state index is -2.77. The van der Waals surface area contributed by atoms with E-state index in [1.165, 1.54) is 4.31 Å². The summed E-state index contributed by atoms with van der Waals surface area (Å²) >= 11 is 0. The van der Waals surface area contributed by atoms with E-state index in [-0.39, 0.29) is 18.4 Å². The molecule has 1 rings (SSSR count). The Hall–Kier alpha value is -1.82. The number of thiol groups is 1. The molecule has 0 unspecified atom stereocenters. The molecule has 122 valence electrons. The van der Waals surface area contributed by atoms with Crippen LogP contribution >= 0.6 is 0 Å². The number of piperidine rings is 1. The Kier molecular flexibility index (Phi) is 7.11. The highest BCUT2D eigenvalue weighted by Crippen LogP contribution is 2.37. The zero-order chi connectivity index (χ0) is 16.7. The minimum Gasteiger partial charge on any atom is -0.481 e. The van der Waals surface area contributed by atoms with Gasteiger partial charge in [0.05, 0.1) is 5.70 Å². The van der Waals surface area contributed by atoms with Crippen LogP contribution in [0.2, 0.25) is 0 Å². The van der Waals surface area contributed by atoms with Crippen LogP contribution in [0.5, 0.6) is 0 Å². The van der Waals surface area contributed by atoms with E-state index in [9.17, 15) is 13.2 Å². The molecule has 1 saturated heterocycles. The normalized spacial score (nSPS) is 25.6. The molecule has 1 aliphatic rings. The van der Waals surface area contributed by atoms with Crippen LogP contribution in [0.1, 0.15) is 32.6 Å². The van der Waals surface area contributed by atoms with Gasteiger partial charge in [0.2, 0.25) is 10.9 Å². The second-order valence-electron chi connectivity index (χ2n) is 5.29. The van der Waals surface area contributed by atoms with Crippen LogP contribution in [0.25, 0.3) is 0 Å². The Labute approximate surface area is 133 Å². The van der Waals surface area contributed by atoms with Crippen LogP contribution in [0.4, 0.5) is 0 Å². The maximum absolute atomic E-state index is 11.7. The van der Waals surface area contributed by atoms with Gasteiger partial charge in [-0.2, -0.15) is 0 Å². The van der Waals surface area contributed by atoms with Crippen molar-refractivity contribution in [2.75, 3.05) is 0 Å². The molecule has 0 saturated carbocycles. The lowest BCUT2D eigenvalue weighted by Crippen LogP contribution is -2.42. The van der Waals surface area contributed by atoms with Gasteiger partial charge < -0.3 is 5.11 Å². The van der Waals surface area contributed by atoms with Crippen LogP contribution in [0.3, 0.4) is 0 Å². The number of carbonyl (C=O) groups is 1. The quantitative estimate of drug-likeness (QED) is 0.706. The number of nitrogens with zero attached hydrogens (tertiary/aromatic N) is 1. The van der Waals surface area contributed by atoms with Crippen molar-refractivity contribution in [1.82, 2.24) is 4.31 Å². The summed E-state index contributed by atoms with van der Waals surface area (Å²) in [6.07, 6.45) is 8.69. The summed E-state index contributed by atoms with van der Waals surface area (Å²) in [6.45, 7) is 9.17. The average Bonchev–Trinajstić information content (AvgIpc) is 2.43. The van der Waals surface area contributed by atoms with Gasteiger partial charge in [-0.05, 0) is 43.8 Å². The highest BCUT2D eigenvalue weighted by molar-refractivity contribution is 7.70. The SMILES string of the molecule is C=C/C=C1/C[C@@H](CCCC(=O)O)[C@@H](C)N([SH](=O)=O)/C1=C/C=C. The van der Waals surface area contributed by atoms with Crippen molar-refractivity contribution in [3.63, 3.8) is 0 Å². The van der Waals surface area contributed by atoms with Gasteiger partial charge in [0.15, 0.2) is 0 Å². The van der Waals surface area contributed by atoms with Gasteiger partial charge in [-0.25, -0.2) is 8.42 Å². The van der Waals surface area contributed by atoms with E-state index < -0.39 is 16.9 Å². The highest BCUT2D eigenvalue weighted by atomic mass is 32.2. The molecule has 2 atom stereocenters. The van der Waals surface area contributed by atoms with Crippen molar-refractivity contribution < 1.29 is 18.3 Å². The molecule has 0 aromatic heterocycles. The van der Waals surface area contributed by atoms with Crippen LogP contribution in [-0.2, 0) is 15.7 Å². The first-order valence-electron chi connectivity index (χ1n) is 7.22. The summed E-state index contributed by atoms with van der Waals surface area (Å²) in [5.74, 6) is -0.746. The molecule has 0 aliphatic carbocycles. The molecule has 0 amide bonds. The third-order valence-corrected chi connectivity index (χ3v) is 4.79. The third-order valence-electron chi connectivity index (χ3n) is 3.86. The fraction of sp³-hybridized carbons (Fsp3) is 0.438. The average molecular weight is 325 g/mol. The van der Waals surface area contributed by atoms with Gasteiger partial charge in [-0.1, -0.05) is 31.4 Å². The summed E-state index contributed by atoms with van der Waals surface area (Å²) < 4.78 is 24.7. The number of carboxylic acids is 1. The Morgan fingerprint density at radius 3 is 2.50 bits per heavy atom. The Bertz CT molecular complexity index is 567. The monoisotopic (exact) mass is 325 g/mol. The zero-order valence-electron chi connectivity index (χ0n) is 12.8. The summed E-state index contributed by atoms with van der Waals surface area (Å²) in [4.78, 5) is 10.6. The van der Waals surface area contributed by atoms with Crippen molar-refractivity contribution >= 4 is 16.9 Å². The summed E-state index contributed by atoms with van der Waals surface area (Å²) in [5, 5.41) is 8.75. The first-order valence-corrected chi connectivity index (χ1v) is 8.35. The lowest BCUT2D eigenvalue weighted by atomic mass is 9.83. The molecule has 0 spiro atoms. The standard InChI is InChI=1S/C16H23NO4S/c1-4-7-14-11-13(9-6-10-16(18)19)12(3)17(22(20)21)15(14)8-5-2/h4-5,7-8,12-13,22H,1-2,6,9-11H2,3H3,(H,18,19)/b14-7-,15-8+/t12-,13-/m1/s1. The predicted octanol–water partition coefficient (Wildman–Crippen LogP) is 2.66. The van der Waals surface area contributed by atoms with E-state index >= 15 is 0 Å². The second-order valence-corrected chi connectivity index (χ2v) is 6.20. The van der Waals surface area contributed by atoms with Gasteiger partial charge in [0.25, 0.3) is 0 Å². The van der Waals surface area contributed by atoms with Gasteiger partial charge >= 0.3 is 5.97 Å². The number of rotatable bonds is 7. The first kappa shape index (κ1) is 18.2. The molecule has 0 radical (unpaired) electrons. The number of hydrogen-bond donors (Lipinski definition) is 2. The van der Waals surface area contributed by atoms with Crippen molar-refractivity contribution in [2.45, 2.75) is 38.6 Å². The van der Waals surface area contributed by atoms with E-state index in [1.807, 2.05) is 6.92 Å². The van der Waals surface area contributed by atoms with E-state index in [4.69, 9.17) is 5.11 Å². The van der Waals surface area contributed by atoms with Crippen molar-refractivity contribution in [1.29, 1.82) is 0 Å². The van der Waals surface area contributed by atoms with Crippen LogP contribution < -0.4 is 0 Å². The highest BCUT2D eigenvalue weighted by Gasteiger charge is 2.34. The number of allylic oxidation sites excluding steroid dienone is 5. The lowest BCUT2D eigenvalue weighted by molar-refractivity contribution is -0.137. The molecule has 1 fully saturated rings. The molecule has 0 bridgehead atoms. The minimum absolute atomic E-state index is 0.0837. The van der Waals surface area contributed by atoms with Crippen molar-refractivity contribution in [2.24, 2.45) is 5.92 Å². The molecule has 5 nitrogen and oxygen atoms in total. The maximum atomic E-state index is 11.7. The Morgan fingerprint density at radius 1 is 1.36 bits per heavy atom. The number of hydrogen-bond acceptors (Lipinski definition) is 3. The van der Waals surface area contributed by atoms with E-state index in [2.05, 4.69) is 13.2 Å². The third kappa shape index (κ3) is 4.59. The van der Waals surface area contributed by atoms with Gasteiger partial charge in [-0.15, -0.1) is 0 Å². The smallest absolute Gasteiger partial charge is 0.303 e. The molecule has 1 aliphatic heterocycles. The van der Waals surface area contributed by atoms with E-state index in [0.29, 0.717) is 25.0 Å². The Morgan fingerprint density at radius 2 is 2.00 bits per heavy atom. The number of aliphatic carboxylic acids is 1. The molecule has 0 aromatic rings. The first-order chi connectivity index (χ1) is 10.4. The Balaban J connectivity index is 3.08. The van der Waals surface area contributed by atoms with Gasteiger partial charge in [0, 0.05) is 12.5 Å². The lowest BCUT2D eigenvalue weighted by Gasteiger charge is -2.40. The largest absolute Gasteiger partial charge is 0.481 e. The molecule has 0 aromatic carbocycles. The van der Waals surface area contributed by atoms with Crippen LogP contribution in [0, 0.1) is 5.92 Å². The fourth-order valence-corrected chi connectivity index (χ4v) is 3.67. The fourth-order valence-electron chi connectivity index (χ4n) is 2.81. The van der Waals surface area contributed by atoms with Crippen molar-refractivity contribution in [3.8, 4) is 0 Å². The molecule has 1 N–H and O–H groups in total. The summed E-state index contributed by atoms with van der Waals surface area (Å²) in [7, 11) is -2.77. The predicted molar refractivity (Wildman–Crippen MR) is 87.8 cm³/mol. The van der Waals surface area contributed by atoms with E-state index in [1.54, 1.807) is 24.3 Å². The molecule has 22 heavy (non-hydrogen) atoms. The molecule has 6 heteroatoms. The molecular weight excluding hydrogens is 302 g/mol. The second kappa shape index (κ2) is 8.58. The van der Waals surface area contributed by atoms with Crippen LogP contribution in [0.15, 0.2) is 48.7 Å². The van der Waals surface area contributed by atoms with E-state index in [0.717, 1.165) is 5.57 Å².